The first kappa shape index (κ1) is 4.61. The number of aliphatic imine (C=N–C) groups is 1. The summed E-state index contributed by atoms with van der Waals surface area (Å²) in [6.45, 7) is 0. The Morgan fingerprint density at radius 3 is 3.12 bits per heavy atom. The SMILES string of the molecule is O=C=Nc1nn[nH]n1. The van der Waals surface area contributed by atoms with Crippen LogP contribution in [0.3, 0.4) is 0 Å². The highest BCUT2D eigenvalue weighted by molar-refractivity contribution is 5.39. The molecule has 0 aliphatic carbocycles. The fraction of sp³-hybridized carbons (Fsp3) is 0. The van der Waals surface area contributed by atoms with Gasteiger partial charge in [0.2, 0.25) is 6.08 Å². The number of tetrazole rings is 1. The molecule has 0 fully saturated rings. The standard InChI is InChI=1S/C2HN5O/c8-1-3-2-4-6-7-5-2/h(H,4,5,6,7). The van der Waals surface area contributed by atoms with Crippen molar-refractivity contribution in [1.29, 1.82) is 0 Å². The van der Waals surface area contributed by atoms with Gasteiger partial charge in [-0.25, -0.2) is 4.79 Å². The van der Waals surface area contributed by atoms with E-state index in [1.54, 1.807) is 0 Å². The molecule has 0 saturated carbocycles. The second-order valence-electron chi connectivity index (χ2n) is 0.915. The first-order chi connectivity index (χ1) is 3.93. The highest BCUT2D eigenvalue weighted by atomic mass is 16.1. The van der Waals surface area contributed by atoms with Gasteiger partial charge in [-0.3, -0.25) is 0 Å². The Morgan fingerprint density at radius 2 is 2.62 bits per heavy atom. The molecule has 1 heterocycles. The van der Waals surface area contributed by atoms with Gasteiger partial charge in [0.25, 0.3) is 5.95 Å². The molecule has 0 saturated heterocycles. The van der Waals surface area contributed by atoms with Crippen molar-refractivity contribution < 1.29 is 4.79 Å². The maximum Gasteiger partial charge on any atom is 0.299 e. The summed E-state index contributed by atoms with van der Waals surface area (Å²) in [6.07, 6.45) is 1.26. The normalized spacial score (nSPS) is 8.00. The van der Waals surface area contributed by atoms with Crippen LogP contribution in [0.5, 0.6) is 0 Å². The van der Waals surface area contributed by atoms with Crippen molar-refractivity contribution in [2.45, 2.75) is 0 Å². The molecule has 0 amide bonds. The molecule has 0 unspecified atom stereocenters. The number of aromatic amines is 1. The average molecular weight is 111 g/mol. The third kappa shape index (κ3) is 0.742. The molecule has 0 spiro atoms. The lowest BCUT2D eigenvalue weighted by Crippen LogP contribution is -1.64. The predicted octanol–water partition coefficient (Wildman–Crippen LogP) is -0.833. The molecule has 0 radical (unpaired) electrons. The van der Waals surface area contributed by atoms with Gasteiger partial charge >= 0.3 is 0 Å². The van der Waals surface area contributed by atoms with E-state index in [4.69, 9.17) is 0 Å². The Bertz CT molecular complexity index is 196. The van der Waals surface area contributed by atoms with E-state index in [2.05, 4.69) is 25.6 Å². The maximum atomic E-state index is 9.46. The molecule has 6 nitrogen and oxygen atoms in total. The molecule has 1 N–H and O–H groups in total. The van der Waals surface area contributed by atoms with Crippen LogP contribution in [-0.4, -0.2) is 26.7 Å². The molecule has 0 aliphatic heterocycles. The van der Waals surface area contributed by atoms with Gasteiger partial charge in [-0.1, -0.05) is 5.10 Å². The van der Waals surface area contributed by atoms with Gasteiger partial charge in [-0.05, 0) is 5.21 Å². The Morgan fingerprint density at radius 1 is 1.75 bits per heavy atom. The Labute approximate surface area is 43.6 Å². The molecular formula is C2HN5O. The maximum absolute atomic E-state index is 9.46. The van der Waals surface area contributed by atoms with Crippen molar-refractivity contribution in [3.05, 3.63) is 0 Å². The highest BCUT2D eigenvalue weighted by Crippen LogP contribution is 1.91. The minimum atomic E-state index is 0.000000000000000222. The minimum absolute atomic E-state index is 0.000000000000000222. The lowest BCUT2D eigenvalue weighted by Gasteiger charge is -1.63. The van der Waals surface area contributed by atoms with E-state index in [1.807, 2.05) is 0 Å². The van der Waals surface area contributed by atoms with E-state index < -0.39 is 0 Å². The zero-order valence-corrected chi connectivity index (χ0v) is 3.70. The van der Waals surface area contributed by atoms with Crippen LogP contribution in [0.25, 0.3) is 0 Å². The molecule has 40 valence electrons. The predicted molar refractivity (Wildman–Crippen MR) is 22.0 cm³/mol. The van der Waals surface area contributed by atoms with Crippen LogP contribution < -0.4 is 0 Å². The highest BCUT2D eigenvalue weighted by Gasteiger charge is 1.87. The molecule has 8 heavy (non-hydrogen) atoms. The lowest BCUT2D eigenvalue weighted by atomic mass is 11.1. The number of H-pyrrole nitrogens is 1. The fourth-order valence-corrected chi connectivity index (χ4v) is 0.245. The number of nitrogens with zero attached hydrogens (tertiary/aromatic N) is 4. The van der Waals surface area contributed by atoms with Crippen LogP contribution in [-0.2, 0) is 4.79 Å². The summed E-state index contributed by atoms with van der Waals surface area (Å²) < 4.78 is 0. The van der Waals surface area contributed by atoms with Gasteiger partial charge in [0.15, 0.2) is 0 Å². The minimum Gasteiger partial charge on any atom is -0.211 e. The fourth-order valence-electron chi connectivity index (χ4n) is 0.245. The van der Waals surface area contributed by atoms with E-state index in [-0.39, 0.29) is 5.95 Å². The molecular weight excluding hydrogens is 110 g/mol. The van der Waals surface area contributed by atoms with Crippen LogP contribution in [0.15, 0.2) is 4.99 Å². The van der Waals surface area contributed by atoms with Crippen LogP contribution in [0, 0.1) is 0 Å². The Balaban J connectivity index is 2.93. The summed E-state index contributed by atoms with van der Waals surface area (Å²) in [4.78, 5) is 12.5. The molecule has 0 aliphatic rings. The summed E-state index contributed by atoms with van der Waals surface area (Å²) in [7, 11) is 0. The van der Waals surface area contributed by atoms with E-state index in [9.17, 15) is 4.79 Å². The van der Waals surface area contributed by atoms with Crippen molar-refractivity contribution in [3.63, 3.8) is 0 Å². The van der Waals surface area contributed by atoms with E-state index in [1.165, 1.54) is 6.08 Å². The number of isocyanates is 1. The zero-order chi connectivity index (χ0) is 5.82. The third-order valence-electron chi connectivity index (χ3n) is 0.480. The van der Waals surface area contributed by atoms with Crippen LogP contribution in [0.2, 0.25) is 0 Å². The number of nitrogens with one attached hydrogen (secondary N) is 1. The van der Waals surface area contributed by atoms with Gasteiger partial charge in [0.05, 0.1) is 0 Å². The number of hydrogen-bond donors (Lipinski definition) is 1. The molecule has 0 atom stereocenters. The summed E-state index contributed by atoms with van der Waals surface area (Å²) >= 11 is 0. The molecule has 0 aromatic carbocycles. The van der Waals surface area contributed by atoms with Gasteiger partial charge in [0, 0.05) is 0 Å². The average Bonchev–Trinajstić information content (AvgIpc) is 2.19. The van der Waals surface area contributed by atoms with E-state index >= 15 is 0 Å². The Kier molecular flexibility index (Phi) is 1.12. The second-order valence-corrected chi connectivity index (χ2v) is 0.915. The first-order valence-corrected chi connectivity index (χ1v) is 1.75. The number of carbonyl (C=O) groups excluding carboxylic acids is 1. The largest absolute Gasteiger partial charge is 0.299 e. The van der Waals surface area contributed by atoms with Crippen LogP contribution in [0.4, 0.5) is 5.95 Å². The summed E-state index contributed by atoms with van der Waals surface area (Å²) in [6, 6.07) is 0. The first-order valence-electron chi connectivity index (χ1n) is 1.75. The van der Waals surface area contributed by atoms with Gasteiger partial charge in [-0.15, -0.1) is 10.1 Å². The molecule has 6 heteroatoms. The van der Waals surface area contributed by atoms with Crippen molar-refractivity contribution in [2.75, 3.05) is 0 Å². The van der Waals surface area contributed by atoms with Crippen molar-refractivity contribution in [3.8, 4) is 0 Å². The summed E-state index contributed by atoms with van der Waals surface area (Å²) in [5.41, 5.74) is 0. The topological polar surface area (TPSA) is 83.9 Å². The quantitative estimate of drug-likeness (QED) is 0.378. The molecule has 1 rings (SSSR count). The van der Waals surface area contributed by atoms with Crippen LogP contribution >= 0.6 is 0 Å². The number of rotatable bonds is 1. The van der Waals surface area contributed by atoms with Gasteiger partial charge in [0.1, 0.15) is 0 Å². The van der Waals surface area contributed by atoms with Gasteiger partial charge < -0.3 is 0 Å². The van der Waals surface area contributed by atoms with Crippen molar-refractivity contribution in [1.82, 2.24) is 20.6 Å². The number of hydrogen-bond acceptors (Lipinski definition) is 5. The molecule has 1 aromatic heterocycles. The molecule has 0 bridgehead atoms. The number of aromatic nitrogens is 4. The Hall–Kier alpha value is -1.55. The lowest BCUT2D eigenvalue weighted by molar-refractivity contribution is 0.565. The van der Waals surface area contributed by atoms with E-state index in [0.717, 1.165) is 0 Å². The van der Waals surface area contributed by atoms with Crippen molar-refractivity contribution >= 4 is 12.0 Å². The summed E-state index contributed by atoms with van der Waals surface area (Å²) in [5, 5.41) is 11.9. The second kappa shape index (κ2) is 1.94. The van der Waals surface area contributed by atoms with Crippen LogP contribution in [0.1, 0.15) is 0 Å². The van der Waals surface area contributed by atoms with Crippen molar-refractivity contribution in [2.24, 2.45) is 4.99 Å². The third-order valence-corrected chi connectivity index (χ3v) is 0.480. The smallest absolute Gasteiger partial charge is 0.211 e. The van der Waals surface area contributed by atoms with Gasteiger partial charge in [-0.2, -0.15) is 5.21 Å². The van der Waals surface area contributed by atoms with E-state index in [0.29, 0.717) is 0 Å². The molecule has 1 aromatic rings. The zero-order valence-electron chi connectivity index (χ0n) is 3.70. The summed E-state index contributed by atoms with van der Waals surface area (Å²) in [5.74, 6) is 0.000000000000000222. The monoisotopic (exact) mass is 111 g/mol.